The van der Waals surface area contributed by atoms with Gasteiger partial charge >= 0.3 is 6.09 Å². The molecule has 0 radical (unpaired) electrons. The number of methoxy groups -OCH3 is 1. The standard InChI is InChI=1S/C11H15N3O3/c1-3-8-5-4-6-12-10(8)14-9(15)7-13-11(16)17-2/h4-6H,3,7H2,1-2H3,(H,13,16)(H,12,14,15). The predicted octanol–water partition coefficient (Wildman–Crippen LogP) is 0.939. The zero-order valence-electron chi connectivity index (χ0n) is 9.82. The van der Waals surface area contributed by atoms with Crippen LogP contribution in [0.15, 0.2) is 18.3 Å². The van der Waals surface area contributed by atoms with Crippen LogP contribution in [0.5, 0.6) is 0 Å². The average Bonchev–Trinajstić information content (AvgIpc) is 2.36. The Hall–Kier alpha value is -2.11. The number of anilines is 1. The number of aromatic nitrogens is 1. The second kappa shape index (κ2) is 6.47. The number of nitrogens with zero attached hydrogens (tertiary/aromatic N) is 1. The summed E-state index contributed by atoms with van der Waals surface area (Å²) >= 11 is 0. The van der Waals surface area contributed by atoms with Gasteiger partial charge in [-0.25, -0.2) is 9.78 Å². The molecule has 0 atom stereocenters. The van der Waals surface area contributed by atoms with E-state index in [1.807, 2.05) is 13.0 Å². The molecule has 92 valence electrons. The fourth-order valence-corrected chi connectivity index (χ4v) is 1.24. The molecular formula is C11H15N3O3. The lowest BCUT2D eigenvalue weighted by Gasteiger charge is -2.08. The van der Waals surface area contributed by atoms with Gasteiger partial charge in [0, 0.05) is 6.20 Å². The zero-order chi connectivity index (χ0) is 12.7. The highest BCUT2D eigenvalue weighted by Crippen LogP contribution is 2.11. The molecule has 0 spiro atoms. The van der Waals surface area contributed by atoms with Gasteiger partial charge in [0.25, 0.3) is 0 Å². The quantitative estimate of drug-likeness (QED) is 0.816. The Morgan fingerprint density at radius 1 is 1.47 bits per heavy atom. The third-order valence-electron chi connectivity index (χ3n) is 2.11. The van der Waals surface area contributed by atoms with Crippen LogP contribution in [-0.4, -0.2) is 30.6 Å². The van der Waals surface area contributed by atoms with Crippen molar-refractivity contribution < 1.29 is 14.3 Å². The molecule has 1 aromatic heterocycles. The molecule has 0 bridgehead atoms. The summed E-state index contributed by atoms with van der Waals surface area (Å²) in [5, 5.41) is 4.91. The number of nitrogens with one attached hydrogen (secondary N) is 2. The van der Waals surface area contributed by atoms with E-state index in [-0.39, 0.29) is 12.5 Å². The number of amides is 2. The van der Waals surface area contributed by atoms with Gasteiger partial charge in [-0.1, -0.05) is 13.0 Å². The number of aryl methyl sites for hydroxylation is 1. The summed E-state index contributed by atoms with van der Waals surface area (Å²) in [5.74, 6) is 0.176. The molecule has 1 rings (SSSR count). The van der Waals surface area contributed by atoms with Crippen LogP contribution in [0.4, 0.5) is 10.6 Å². The van der Waals surface area contributed by atoms with Gasteiger partial charge in [-0.15, -0.1) is 0 Å². The van der Waals surface area contributed by atoms with Crippen LogP contribution < -0.4 is 10.6 Å². The number of rotatable bonds is 4. The average molecular weight is 237 g/mol. The maximum atomic E-state index is 11.5. The van der Waals surface area contributed by atoms with Crippen LogP contribution in [0, 0.1) is 0 Å². The first-order chi connectivity index (χ1) is 8.17. The van der Waals surface area contributed by atoms with Crippen molar-refractivity contribution in [3.05, 3.63) is 23.9 Å². The first-order valence-electron chi connectivity index (χ1n) is 5.23. The third kappa shape index (κ3) is 4.10. The van der Waals surface area contributed by atoms with E-state index in [1.54, 1.807) is 12.3 Å². The number of hydrogen-bond acceptors (Lipinski definition) is 4. The van der Waals surface area contributed by atoms with Gasteiger partial charge in [-0.2, -0.15) is 0 Å². The highest BCUT2D eigenvalue weighted by Gasteiger charge is 2.08. The molecule has 6 heteroatoms. The number of carbonyl (C=O) groups excluding carboxylic acids is 2. The minimum absolute atomic E-state index is 0.146. The Balaban J connectivity index is 2.53. The van der Waals surface area contributed by atoms with Crippen molar-refractivity contribution in [2.45, 2.75) is 13.3 Å². The van der Waals surface area contributed by atoms with Gasteiger partial charge in [0.1, 0.15) is 12.4 Å². The van der Waals surface area contributed by atoms with Gasteiger partial charge in [0.05, 0.1) is 7.11 Å². The fraction of sp³-hybridized carbons (Fsp3) is 0.364. The summed E-state index contributed by atoms with van der Waals surface area (Å²) in [4.78, 5) is 26.3. The van der Waals surface area contributed by atoms with Crippen LogP contribution >= 0.6 is 0 Å². The van der Waals surface area contributed by atoms with E-state index in [9.17, 15) is 9.59 Å². The summed E-state index contributed by atoms with van der Waals surface area (Å²) in [5.41, 5.74) is 0.943. The fourth-order valence-electron chi connectivity index (χ4n) is 1.24. The maximum absolute atomic E-state index is 11.5. The highest BCUT2D eigenvalue weighted by molar-refractivity contribution is 5.93. The molecule has 1 heterocycles. The van der Waals surface area contributed by atoms with Crippen molar-refractivity contribution in [3.63, 3.8) is 0 Å². The Bertz CT molecular complexity index is 407. The summed E-state index contributed by atoms with van der Waals surface area (Å²) < 4.78 is 4.35. The lowest BCUT2D eigenvalue weighted by atomic mass is 10.2. The van der Waals surface area contributed by atoms with Crippen molar-refractivity contribution in [2.24, 2.45) is 0 Å². The lowest BCUT2D eigenvalue weighted by Crippen LogP contribution is -2.33. The second-order valence-corrected chi connectivity index (χ2v) is 3.26. The molecule has 0 saturated carbocycles. The molecular weight excluding hydrogens is 222 g/mol. The van der Waals surface area contributed by atoms with E-state index in [0.717, 1.165) is 12.0 Å². The highest BCUT2D eigenvalue weighted by atomic mass is 16.5. The Morgan fingerprint density at radius 2 is 2.24 bits per heavy atom. The van der Waals surface area contributed by atoms with Crippen LogP contribution in [0.2, 0.25) is 0 Å². The van der Waals surface area contributed by atoms with Gasteiger partial charge in [0.15, 0.2) is 0 Å². The molecule has 2 amide bonds. The molecule has 0 fully saturated rings. The van der Waals surface area contributed by atoms with Crippen LogP contribution in [-0.2, 0) is 16.0 Å². The second-order valence-electron chi connectivity index (χ2n) is 3.26. The normalized spacial score (nSPS) is 9.53. The number of ether oxygens (including phenoxy) is 1. The van der Waals surface area contributed by atoms with E-state index in [4.69, 9.17) is 0 Å². The Kier molecular flexibility index (Phi) is 4.93. The van der Waals surface area contributed by atoms with Crippen molar-refractivity contribution in [3.8, 4) is 0 Å². The van der Waals surface area contributed by atoms with Crippen molar-refractivity contribution in [1.82, 2.24) is 10.3 Å². The van der Waals surface area contributed by atoms with Crippen molar-refractivity contribution in [1.29, 1.82) is 0 Å². The third-order valence-corrected chi connectivity index (χ3v) is 2.11. The Labute approximate surface area is 99.4 Å². The van der Waals surface area contributed by atoms with Gasteiger partial charge < -0.3 is 15.4 Å². The smallest absolute Gasteiger partial charge is 0.407 e. The monoisotopic (exact) mass is 237 g/mol. The largest absolute Gasteiger partial charge is 0.453 e. The predicted molar refractivity (Wildman–Crippen MR) is 62.7 cm³/mol. The molecule has 1 aromatic rings. The number of hydrogen-bond donors (Lipinski definition) is 2. The van der Waals surface area contributed by atoms with Gasteiger partial charge in [-0.05, 0) is 18.1 Å². The molecule has 0 saturated heterocycles. The first kappa shape index (κ1) is 13.0. The molecule has 0 aliphatic heterocycles. The van der Waals surface area contributed by atoms with E-state index in [1.165, 1.54) is 7.11 Å². The number of carbonyl (C=O) groups is 2. The minimum Gasteiger partial charge on any atom is -0.453 e. The summed E-state index contributed by atoms with van der Waals surface area (Å²) in [6.45, 7) is 1.83. The molecule has 6 nitrogen and oxygen atoms in total. The molecule has 17 heavy (non-hydrogen) atoms. The SMILES string of the molecule is CCc1cccnc1NC(=O)CNC(=O)OC. The molecule has 0 unspecified atom stereocenters. The van der Waals surface area contributed by atoms with E-state index >= 15 is 0 Å². The van der Waals surface area contributed by atoms with Crippen molar-refractivity contribution >= 4 is 17.8 Å². The molecule has 0 aliphatic carbocycles. The van der Waals surface area contributed by atoms with Crippen LogP contribution in [0.1, 0.15) is 12.5 Å². The lowest BCUT2D eigenvalue weighted by molar-refractivity contribution is -0.115. The van der Waals surface area contributed by atoms with Crippen LogP contribution in [0.3, 0.4) is 0 Å². The zero-order valence-corrected chi connectivity index (χ0v) is 9.82. The van der Waals surface area contributed by atoms with Crippen molar-refractivity contribution in [2.75, 3.05) is 19.0 Å². The minimum atomic E-state index is -0.642. The maximum Gasteiger partial charge on any atom is 0.407 e. The van der Waals surface area contributed by atoms with Crippen LogP contribution in [0.25, 0.3) is 0 Å². The van der Waals surface area contributed by atoms with Gasteiger partial charge in [0.2, 0.25) is 5.91 Å². The van der Waals surface area contributed by atoms with E-state index in [2.05, 4.69) is 20.4 Å². The summed E-state index contributed by atoms with van der Waals surface area (Å²) in [7, 11) is 1.24. The van der Waals surface area contributed by atoms with Gasteiger partial charge in [-0.3, -0.25) is 4.79 Å². The Morgan fingerprint density at radius 3 is 2.88 bits per heavy atom. The summed E-state index contributed by atoms with van der Waals surface area (Å²) in [6, 6.07) is 3.69. The summed E-state index contributed by atoms with van der Waals surface area (Å²) in [6.07, 6.45) is 1.73. The molecule has 2 N–H and O–H groups in total. The van der Waals surface area contributed by atoms with E-state index in [0.29, 0.717) is 5.82 Å². The number of pyridine rings is 1. The van der Waals surface area contributed by atoms with E-state index < -0.39 is 6.09 Å². The molecule has 0 aromatic carbocycles. The molecule has 0 aliphatic rings. The first-order valence-corrected chi connectivity index (χ1v) is 5.23. The number of alkyl carbamates (subject to hydrolysis) is 1. The topological polar surface area (TPSA) is 80.3 Å².